The highest BCUT2D eigenvalue weighted by atomic mass is 16.5. The Balaban J connectivity index is 1.85. The van der Waals surface area contributed by atoms with E-state index in [1.165, 1.54) is 14.0 Å². The number of ketones is 1. The molecule has 1 atom stereocenters. The standard InChI is InChI=1S/C24H21NO5/c1-16(26)18-10-6-12-20(14-18)25-23(27)22(17-8-4-3-5-9-17)30-24(28)19-11-7-13-21(15-19)29-2/h3-15,22H,1-2H3,(H,25,27)/t22-/m1/s1. The summed E-state index contributed by atoms with van der Waals surface area (Å²) in [4.78, 5) is 37.3. The highest BCUT2D eigenvalue weighted by Crippen LogP contribution is 2.23. The van der Waals surface area contributed by atoms with E-state index in [0.717, 1.165) is 0 Å². The number of benzene rings is 3. The van der Waals surface area contributed by atoms with E-state index in [9.17, 15) is 14.4 Å². The van der Waals surface area contributed by atoms with E-state index in [1.54, 1.807) is 78.9 Å². The van der Waals surface area contributed by atoms with Crippen molar-refractivity contribution in [1.29, 1.82) is 0 Å². The smallest absolute Gasteiger partial charge is 0.339 e. The summed E-state index contributed by atoms with van der Waals surface area (Å²) in [7, 11) is 1.50. The van der Waals surface area contributed by atoms with Gasteiger partial charge in [-0.05, 0) is 37.3 Å². The van der Waals surface area contributed by atoms with Gasteiger partial charge in [0.2, 0.25) is 6.10 Å². The average Bonchev–Trinajstić information content (AvgIpc) is 2.78. The number of rotatable bonds is 7. The van der Waals surface area contributed by atoms with Crippen molar-refractivity contribution >= 4 is 23.3 Å². The fourth-order valence-electron chi connectivity index (χ4n) is 2.85. The van der Waals surface area contributed by atoms with Crippen LogP contribution in [-0.2, 0) is 9.53 Å². The van der Waals surface area contributed by atoms with Crippen molar-refractivity contribution in [2.24, 2.45) is 0 Å². The highest BCUT2D eigenvalue weighted by molar-refractivity contribution is 6.00. The number of Topliss-reactive ketones (excluding diaryl/α,β-unsaturated/α-hetero) is 1. The summed E-state index contributed by atoms with van der Waals surface area (Å²) in [6.45, 7) is 1.45. The molecule has 0 radical (unpaired) electrons. The fraction of sp³-hybridized carbons (Fsp3) is 0.125. The van der Waals surface area contributed by atoms with Gasteiger partial charge in [0.1, 0.15) is 5.75 Å². The van der Waals surface area contributed by atoms with Gasteiger partial charge in [-0.25, -0.2) is 4.79 Å². The quantitative estimate of drug-likeness (QED) is 0.466. The van der Waals surface area contributed by atoms with Gasteiger partial charge in [-0.15, -0.1) is 0 Å². The van der Waals surface area contributed by atoms with Gasteiger partial charge in [0, 0.05) is 16.8 Å². The first kappa shape index (κ1) is 20.8. The lowest BCUT2D eigenvalue weighted by atomic mass is 10.1. The van der Waals surface area contributed by atoms with Crippen LogP contribution in [0.2, 0.25) is 0 Å². The maximum absolute atomic E-state index is 13.0. The van der Waals surface area contributed by atoms with Gasteiger partial charge in [-0.1, -0.05) is 48.5 Å². The van der Waals surface area contributed by atoms with Crippen molar-refractivity contribution in [3.63, 3.8) is 0 Å². The minimum Gasteiger partial charge on any atom is -0.497 e. The molecule has 0 bridgehead atoms. The van der Waals surface area contributed by atoms with Crippen molar-refractivity contribution in [1.82, 2.24) is 0 Å². The molecule has 3 aromatic carbocycles. The number of hydrogen-bond donors (Lipinski definition) is 1. The molecule has 3 aromatic rings. The van der Waals surface area contributed by atoms with E-state index in [0.29, 0.717) is 22.6 Å². The highest BCUT2D eigenvalue weighted by Gasteiger charge is 2.26. The third kappa shape index (κ3) is 5.11. The number of amides is 1. The van der Waals surface area contributed by atoms with Crippen molar-refractivity contribution in [3.8, 4) is 5.75 Å². The van der Waals surface area contributed by atoms with Gasteiger partial charge in [0.25, 0.3) is 5.91 Å². The summed E-state index contributed by atoms with van der Waals surface area (Å²) in [5.41, 5.74) is 1.69. The van der Waals surface area contributed by atoms with Crippen molar-refractivity contribution in [3.05, 3.63) is 95.6 Å². The zero-order chi connectivity index (χ0) is 21.5. The Kier molecular flexibility index (Phi) is 6.60. The lowest BCUT2D eigenvalue weighted by Crippen LogP contribution is -2.26. The Morgan fingerprint density at radius 1 is 0.833 bits per heavy atom. The molecule has 0 spiro atoms. The Morgan fingerprint density at radius 3 is 2.23 bits per heavy atom. The number of esters is 1. The van der Waals surface area contributed by atoms with E-state index < -0.39 is 18.0 Å². The number of nitrogens with one attached hydrogen (secondary N) is 1. The molecule has 1 N–H and O–H groups in total. The molecule has 1 amide bonds. The molecule has 0 unspecified atom stereocenters. The summed E-state index contributed by atoms with van der Waals surface area (Å²) in [5.74, 6) is -0.796. The first-order chi connectivity index (χ1) is 14.5. The first-order valence-electron chi connectivity index (χ1n) is 9.30. The number of ether oxygens (including phenoxy) is 2. The second-order valence-corrected chi connectivity index (χ2v) is 6.55. The average molecular weight is 403 g/mol. The normalized spacial score (nSPS) is 11.3. The molecular weight excluding hydrogens is 382 g/mol. The third-order valence-corrected chi connectivity index (χ3v) is 4.41. The number of anilines is 1. The Morgan fingerprint density at radius 2 is 1.53 bits per heavy atom. The largest absolute Gasteiger partial charge is 0.497 e. The second kappa shape index (κ2) is 9.52. The van der Waals surface area contributed by atoms with Crippen LogP contribution in [0.3, 0.4) is 0 Å². The molecule has 6 nitrogen and oxygen atoms in total. The van der Waals surface area contributed by atoms with E-state index >= 15 is 0 Å². The van der Waals surface area contributed by atoms with Gasteiger partial charge in [-0.3, -0.25) is 9.59 Å². The van der Waals surface area contributed by atoms with Crippen LogP contribution in [0.25, 0.3) is 0 Å². The van der Waals surface area contributed by atoms with Crippen LogP contribution in [0, 0.1) is 0 Å². The summed E-state index contributed by atoms with van der Waals surface area (Å²) in [5, 5.41) is 2.72. The Hall–Kier alpha value is -3.93. The molecule has 3 rings (SSSR count). The van der Waals surface area contributed by atoms with Crippen LogP contribution >= 0.6 is 0 Å². The van der Waals surface area contributed by atoms with Gasteiger partial charge in [0.15, 0.2) is 5.78 Å². The van der Waals surface area contributed by atoms with Gasteiger partial charge in [0.05, 0.1) is 12.7 Å². The minimum atomic E-state index is -1.18. The van der Waals surface area contributed by atoms with Crippen LogP contribution in [0.15, 0.2) is 78.9 Å². The minimum absolute atomic E-state index is 0.116. The molecule has 0 aliphatic carbocycles. The maximum atomic E-state index is 13.0. The number of carbonyl (C=O) groups excluding carboxylic acids is 3. The number of hydrogen-bond acceptors (Lipinski definition) is 5. The van der Waals surface area contributed by atoms with Gasteiger partial charge >= 0.3 is 5.97 Å². The lowest BCUT2D eigenvalue weighted by molar-refractivity contribution is -0.125. The topological polar surface area (TPSA) is 81.7 Å². The van der Waals surface area contributed by atoms with Crippen molar-refractivity contribution in [2.75, 3.05) is 12.4 Å². The molecule has 0 aromatic heterocycles. The van der Waals surface area contributed by atoms with E-state index in [-0.39, 0.29) is 11.3 Å². The molecule has 0 aliphatic heterocycles. The molecule has 0 saturated heterocycles. The maximum Gasteiger partial charge on any atom is 0.339 e. The zero-order valence-corrected chi connectivity index (χ0v) is 16.6. The first-order valence-corrected chi connectivity index (χ1v) is 9.30. The van der Waals surface area contributed by atoms with E-state index in [2.05, 4.69) is 5.32 Å². The molecule has 0 saturated carbocycles. The van der Waals surface area contributed by atoms with Crippen LogP contribution in [-0.4, -0.2) is 24.8 Å². The second-order valence-electron chi connectivity index (χ2n) is 6.55. The summed E-state index contributed by atoms with van der Waals surface area (Å²) in [6.07, 6.45) is -1.18. The zero-order valence-electron chi connectivity index (χ0n) is 16.6. The van der Waals surface area contributed by atoms with E-state index in [1.807, 2.05) is 0 Å². The molecule has 0 heterocycles. The van der Waals surface area contributed by atoms with Gasteiger partial charge < -0.3 is 14.8 Å². The molecule has 6 heteroatoms. The predicted molar refractivity (Wildman–Crippen MR) is 113 cm³/mol. The summed E-state index contributed by atoms with van der Waals surface area (Å²) < 4.78 is 10.7. The van der Waals surface area contributed by atoms with Gasteiger partial charge in [-0.2, -0.15) is 0 Å². The Labute approximate surface area is 174 Å². The van der Waals surface area contributed by atoms with Crippen molar-refractivity contribution < 1.29 is 23.9 Å². The molecule has 30 heavy (non-hydrogen) atoms. The van der Waals surface area contributed by atoms with Crippen LogP contribution in [0.5, 0.6) is 5.75 Å². The fourth-order valence-corrected chi connectivity index (χ4v) is 2.85. The lowest BCUT2D eigenvalue weighted by Gasteiger charge is -2.18. The van der Waals surface area contributed by atoms with Crippen molar-refractivity contribution in [2.45, 2.75) is 13.0 Å². The third-order valence-electron chi connectivity index (χ3n) is 4.41. The number of carbonyl (C=O) groups is 3. The summed E-state index contributed by atoms with van der Waals surface area (Å²) in [6, 6.07) is 21.8. The Bertz CT molecular complexity index is 1060. The summed E-state index contributed by atoms with van der Waals surface area (Å²) >= 11 is 0. The molecule has 0 aliphatic rings. The van der Waals surface area contributed by atoms with Crippen LogP contribution < -0.4 is 10.1 Å². The number of methoxy groups -OCH3 is 1. The monoisotopic (exact) mass is 403 g/mol. The SMILES string of the molecule is COc1cccc(C(=O)O[C@@H](C(=O)Nc2cccc(C(C)=O)c2)c2ccccc2)c1. The predicted octanol–water partition coefficient (Wildman–Crippen LogP) is 4.43. The van der Waals surface area contributed by atoms with Crippen LogP contribution in [0.4, 0.5) is 5.69 Å². The molecule has 152 valence electrons. The molecule has 0 fully saturated rings. The van der Waals surface area contributed by atoms with E-state index in [4.69, 9.17) is 9.47 Å². The van der Waals surface area contributed by atoms with Crippen LogP contribution in [0.1, 0.15) is 39.3 Å². The molecular formula is C24H21NO5.